The van der Waals surface area contributed by atoms with Crippen LogP contribution in [0, 0.1) is 11.8 Å². The Balaban J connectivity index is 1.92. The summed E-state index contributed by atoms with van der Waals surface area (Å²) in [6.07, 6.45) is 6.69. The van der Waals surface area contributed by atoms with E-state index >= 15 is 0 Å². The summed E-state index contributed by atoms with van der Waals surface area (Å²) in [5, 5.41) is 3.77. The zero-order valence-corrected chi connectivity index (χ0v) is 10.2. The van der Waals surface area contributed by atoms with Gasteiger partial charge in [0.05, 0.1) is 0 Å². The van der Waals surface area contributed by atoms with Crippen LogP contribution in [0.15, 0.2) is 0 Å². The topological polar surface area (TPSA) is 21.3 Å². The fourth-order valence-electron chi connectivity index (χ4n) is 3.38. The maximum Gasteiger partial charge on any atom is 0.0495 e. The third-order valence-corrected chi connectivity index (χ3v) is 3.83. The lowest BCUT2D eigenvalue weighted by Crippen LogP contribution is -2.42. The van der Waals surface area contributed by atoms with Crippen molar-refractivity contribution in [2.75, 3.05) is 19.8 Å². The van der Waals surface area contributed by atoms with Gasteiger partial charge in [-0.1, -0.05) is 13.8 Å². The second kappa shape index (κ2) is 4.84. The van der Waals surface area contributed by atoms with Crippen LogP contribution in [0.2, 0.25) is 0 Å². The van der Waals surface area contributed by atoms with Crippen LogP contribution in [0.25, 0.3) is 0 Å². The Hall–Kier alpha value is -0.0800. The third-order valence-electron chi connectivity index (χ3n) is 3.83. The van der Waals surface area contributed by atoms with Crippen molar-refractivity contribution in [1.29, 1.82) is 0 Å². The Labute approximate surface area is 93.8 Å². The normalized spacial score (nSPS) is 36.6. The summed E-state index contributed by atoms with van der Waals surface area (Å²) in [5.74, 6) is 1.62. The van der Waals surface area contributed by atoms with E-state index in [1.165, 1.54) is 38.6 Å². The zero-order valence-electron chi connectivity index (χ0n) is 10.2. The second-order valence-electron chi connectivity index (χ2n) is 5.84. The second-order valence-corrected chi connectivity index (χ2v) is 5.84. The van der Waals surface area contributed by atoms with Crippen LogP contribution in [-0.2, 0) is 4.74 Å². The first kappa shape index (κ1) is 11.4. The SMILES string of the molecule is CC(C)CC1(CC2CCOC2)CCCN1. The van der Waals surface area contributed by atoms with E-state index in [1.54, 1.807) is 0 Å². The molecule has 88 valence electrons. The molecule has 0 radical (unpaired) electrons. The molecule has 2 atom stereocenters. The summed E-state index contributed by atoms with van der Waals surface area (Å²) in [7, 11) is 0. The van der Waals surface area contributed by atoms with Crippen molar-refractivity contribution >= 4 is 0 Å². The Bertz CT molecular complexity index is 191. The molecule has 0 amide bonds. The molecule has 2 fully saturated rings. The van der Waals surface area contributed by atoms with Crippen molar-refractivity contribution in [2.24, 2.45) is 11.8 Å². The lowest BCUT2D eigenvalue weighted by atomic mass is 9.80. The highest BCUT2D eigenvalue weighted by Crippen LogP contribution is 2.35. The van der Waals surface area contributed by atoms with Gasteiger partial charge in [-0.3, -0.25) is 0 Å². The minimum Gasteiger partial charge on any atom is -0.381 e. The average Bonchev–Trinajstić information content (AvgIpc) is 2.76. The molecule has 2 aliphatic heterocycles. The van der Waals surface area contributed by atoms with E-state index in [9.17, 15) is 0 Å². The van der Waals surface area contributed by atoms with Gasteiger partial charge in [-0.15, -0.1) is 0 Å². The molecule has 0 saturated carbocycles. The molecule has 2 heteroatoms. The van der Waals surface area contributed by atoms with Crippen molar-refractivity contribution in [2.45, 2.75) is 51.5 Å². The standard InChI is InChI=1S/C13H25NO/c1-11(2)8-13(5-3-6-14-13)9-12-4-7-15-10-12/h11-12,14H,3-10H2,1-2H3. The molecular formula is C13H25NO. The highest BCUT2D eigenvalue weighted by atomic mass is 16.5. The summed E-state index contributed by atoms with van der Waals surface area (Å²) >= 11 is 0. The number of rotatable bonds is 4. The van der Waals surface area contributed by atoms with Crippen LogP contribution < -0.4 is 5.32 Å². The van der Waals surface area contributed by atoms with E-state index in [4.69, 9.17) is 4.74 Å². The van der Waals surface area contributed by atoms with Crippen LogP contribution in [0.4, 0.5) is 0 Å². The molecule has 1 N–H and O–H groups in total. The van der Waals surface area contributed by atoms with Gasteiger partial charge in [0, 0.05) is 18.8 Å². The molecule has 0 spiro atoms. The Morgan fingerprint density at radius 1 is 1.47 bits per heavy atom. The van der Waals surface area contributed by atoms with Gasteiger partial charge in [-0.05, 0) is 50.5 Å². The number of hydrogen-bond donors (Lipinski definition) is 1. The molecule has 2 unspecified atom stereocenters. The lowest BCUT2D eigenvalue weighted by Gasteiger charge is -2.33. The number of ether oxygens (including phenoxy) is 1. The fraction of sp³-hybridized carbons (Fsp3) is 1.00. The minimum atomic E-state index is 0.451. The monoisotopic (exact) mass is 211 g/mol. The Morgan fingerprint density at radius 2 is 2.33 bits per heavy atom. The van der Waals surface area contributed by atoms with E-state index in [-0.39, 0.29) is 0 Å². The molecule has 0 aromatic carbocycles. The van der Waals surface area contributed by atoms with Gasteiger partial charge in [-0.25, -0.2) is 0 Å². The van der Waals surface area contributed by atoms with Crippen molar-refractivity contribution in [3.05, 3.63) is 0 Å². The largest absolute Gasteiger partial charge is 0.381 e. The van der Waals surface area contributed by atoms with Crippen LogP contribution in [0.3, 0.4) is 0 Å². The molecular weight excluding hydrogens is 186 g/mol. The summed E-state index contributed by atoms with van der Waals surface area (Å²) in [6.45, 7) is 7.89. The molecule has 15 heavy (non-hydrogen) atoms. The molecule has 2 rings (SSSR count). The predicted molar refractivity (Wildman–Crippen MR) is 63.0 cm³/mol. The average molecular weight is 211 g/mol. The zero-order chi connectivity index (χ0) is 10.7. The summed E-state index contributed by atoms with van der Waals surface area (Å²) < 4.78 is 5.49. The first-order valence-corrected chi connectivity index (χ1v) is 6.53. The molecule has 0 aliphatic carbocycles. The summed E-state index contributed by atoms with van der Waals surface area (Å²) in [4.78, 5) is 0. The smallest absolute Gasteiger partial charge is 0.0495 e. The molecule has 2 nitrogen and oxygen atoms in total. The van der Waals surface area contributed by atoms with Crippen molar-refractivity contribution in [3.63, 3.8) is 0 Å². The van der Waals surface area contributed by atoms with Crippen LogP contribution in [0.5, 0.6) is 0 Å². The number of nitrogens with one attached hydrogen (secondary N) is 1. The fourth-order valence-corrected chi connectivity index (χ4v) is 3.38. The molecule has 2 aliphatic rings. The predicted octanol–water partition coefficient (Wildman–Crippen LogP) is 2.58. The van der Waals surface area contributed by atoms with Gasteiger partial charge in [0.25, 0.3) is 0 Å². The maximum atomic E-state index is 5.49. The lowest BCUT2D eigenvalue weighted by molar-refractivity contribution is 0.168. The van der Waals surface area contributed by atoms with Crippen molar-refractivity contribution in [3.8, 4) is 0 Å². The van der Waals surface area contributed by atoms with E-state index in [2.05, 4.69) is 19.2 Å². The van der Waals surface area contributed by atoms with Gasteiger partial charge in [-0.2, -0.15) is 0 Å². The van der Waals surface area contributed by atoms with Crippen molar-refractivity contribution in [1.82, 2.24) is 5.32 Å². The highest BCUT2D eigenvalue weighted by Gasteiger charge is 2.36. The number of hydrogen-bond acceptors (Lipinski definition) is 2. The van der Waals surface area contributed by atoms with E-state index in [0.717, 1.165) is 25.0 Å². The van der Waals surface area contributed by atoms with Crippen LogP contribution in [0.1, 0.15) is 46.0 Å². The molecule has 2 saturated heterocycles. The van der Waals surface area contributed by atoms with Crippen molar-refractivity contribution < 1.29 is 4.74 Å². The molecule has 0 aromatic heterocycles. The minimum absolute atomic E-state index is 0.451. The van der Waals surface area contributed by atoms with E-state index in [1.807, 2.05) is 0 Å². The first-order valence-electron chi connectivity index (χ1n) is 6.53. The molecule has 2 heterocycles. The van der Waals surface area contributed by atoms with E-state index in [0.29, 0.717) is 5.54 Å². The summed E-state index contributed by atoms with van der Waals surface area (Å²) in [5.41, 5.74) is 0.451. The van der Waals surface area contributed by atoms with Gasteiger partial charge >= 0.3 is 0 Å². The van der Waals surface area contributed by atoms with Crippen LogP contribution >= 0.6 is 0 Å². The molecule has 0 bridgehead atoms. The highest BCUT2D eigenvalue weighted by molar-refractivity contribution is 4.95. The summed E-state index contributed by atoms with van der Waals surface area (Å²) in [6, 6.07) is 0. The van der Waals surface area contributed by atoms with Gasteiger partial charge in [0.2, 0.25) is 0 Å². The Kier molecular flexibility index (Phi) is 3.68. The third kappa shape index (κ3) is 2.94. The van der Waals surface area contributed by atoms with Gasteiger partial charge < -0.3 is 10.1 Å². The van der Waals surface area contributed by atoms with Crippen LogP contribution in [-0.4, -0.2) is 25.3 Å². The Morgan fingerprint density at radius 3 is 2.87 bits per heavy atom. The van der Waals surface area contributed by atoms with E-state index < -0.39 is 0 Å². The van der Waals surface area contributed by atoms with Gasteiger partial charge in [0.15, 0.2) is 0 Å². The molecule has 0 aromatic rings. The van der Waals surface area contributed by atoms with Gasteiger partial charge in [0.1, 0.15) is 0 Å². The quantitative estimate of drug-likeness (QED) is 0.771. The maximum absolute atomic E-state index is 5.49. The first-order chi connectivity index (χ1) is 7.20.